The van der Waals surface area contributed by atoms with Gasteiger partial charge in [0.05, 0.1) is 6.54 Å². The monoisotopic (exact) mass is 206 g/mol. The normalized spacial score (nSPS) is 12.2. The third kappa shape index (κ3) is 3.36. The number of rotatable bonds is 4. The van der Waals surface area contributed by atoms with Crippen LogP contribution in [0.4, 0.5) is 5.69 Å². The van der Waals surface area contributed by atoms with E-state index in [1.54, 1.807) is 0 Å². The van der Waals surface area contributed by atoms with Crippen LogP contribution in [0.5, 0.6) is 0 Å². The fourth-order valence-electron chi connectivity index (χ4n) is 1.34. The maximum atomic E-state index is 11.0. The van der Waals surface area contributed by atoms with Gasteiger partial charge in [0.2, 0.25) is 5.91 Å². The van der Waals surface area contributed by atoms with E-state index in [9.17, 15) is 4.79 Å². The molecule has 82 valence electrons. The molecule has 0 radical (unpaired) electrons. The Bertz CT molecular complexity index is 319. The van der Waals surface area contributed by atoms with Gasteiger partial charge < -0.3 is 11.1 Å². The number of nitrogens with one attached hydrogen (secondary N) is 1. The highest BCUT2D eigenvalue weighted by Crippen LogP contribution is 2.20. The molecule has 0 bridgehead atoms. The summed E-state index contributed by atoms with van der Waals surface area (Å²) >= 11 is 0. The van der Waals surface area contributed by atoms with Crippen LogP contribution in [-0.2, 0) is 4.79 Å². The van der Waals surface area contributed by atoms with Crippen molar-refractivity contribution in [1.82, 2.24) is 0 Å². The molecule has 0 aliphatic heterocycles. The highest BCUT2D eigenvalue weighted by molar-refractivity contribution is 5.92. The van der Waals surface area contributed by atoms with Crippen molar-refractivity contribution in [3.05, 3.63) is 29.8 Å². The maximum Gasteiger partial charge on any atom is 0.238 e. The minimum absolute atomic E-state index is 0.0209. The van der Waals surface area contributed by atoms with E-state index < -0.39 is 0 Å². The largest absolute Gasteiger partial charge is 0.325 e. The number of amides is 1. The Balaban J connectivity index is 2.68. The smallest absolute Gasteiger partial charge is 0.238 e. The van der Waals surface area contributed by atoms with Gasteiger partial charge in [0.25, 0.3) is 0 Å². The fraction of sp³-hybridized carbons (Fsp3) is 0.417. The summed E-state index contributed by atoms with van der Waals surface area (Å²) in [5.74, 6) is 0.399. The van der Waals surface area contributed by atoms with Crippen molar-refractivity contribution in [1.29, 1.82) is 0 Å². The van der Waals surface area contributed by atoms with Gasteiger partial charge in [-0.05, 0) is 30.0 Å². The second-order valence-corrected chi connectivity index (χ2v) is 3.68. The summed E-state index contributed by atoms with van der Waals surface area (Å²) in [6, 6.07) is 7.91. The van der Waals surface area contributed by atoms with Gasteiger partial charge in [0.15, 0.2) is 0 Å². The lowest BCUT2D eigenvalue weighted by Crippen LogP contribution is -2.21. The number of nitrogens with two attached hydrogens (primary N) is 1. The van der Waals surface area contributed by atoms with E-state index in [2.05, 4.69) is 19.2 Å². The molecule has 0 fully saturated rings. The van der Waals surface area contributed by atoms with E-state index in [0.717, 1.165) is 12.1 Å². The van der Waals surface area contributed by atoms with E-state index in [0.29, 0.717) is 5.92 Å². The van der Waals surface area contributed by atoms with Crippen LogP contribution in [0.3, 0.4) is 0 Å². The first-order valence-electron chi connectivity index (χ1n) is 5.27. The summed E-state index contributed by atoms with van der Waals surface area (Å²) < 4.78 is 0. The average Bonchev–Trinajstić information content (AvgIpc) is 2.29. The summed E-state index contributed by atoms with van der Waals surface area (Å²) in [5.41, 5.74) is 7.31. The zero-order valence-electron chi connectivity index (χ0n) is 9.29. The van der Waals surface area contributed by atoms with Crippen molar-refractivity contribution in [3.63, 3.8) is 0 Å². The molecule has 1 rings (SSSR count). The van der Waals surface area contributed by atoms with Crippen molar-refractivity contribution < 1.29 is 4.79 Å². The third-order valence-corrected chi connectivity index (χ3v) is 2.56. The SMILES string of the molecule is CC[C@@H](C)c1ccc(NC(=O)CN)cc1. The minimum atomic E-state index is -0.161. The molecule has 1 aromatic carbocycles. The first kappa shape index (κ1) is 11.7. The number of hydrogen-bond acceptors (Lipinski definition) is 2. The molecule has 0 unspecified atom stereocenters. The Morgan fingerprint density at radius 1 is 1.40 bits per heavy atom. The molecule has 1 atom stereocenters. The second kappa shape index (κ2) is 5.51. The minimum Gasteiger partial charge on any atom is -0.325 e. The zero-order chi connectivity index (χ0) is 11.3. The first-order valence-corrected chi connectivity index (χ1v) is 5.27. The maximum absolute atomic E-state index is 11.0. The van der Waals surface area contributed by atoms with Crippen LogP contribution in [0.1, 0.15) is 31.7 Å². The molecule has 1 aromatic rings. The van der Waals surface area contributed by atoms with Crippen molar-refractivity contribution in [2.24, 2.45) is 5.73 Å². The Morgan fingerprint density at radius 3 is 2.47 bits per heavy atom. The number of carbonyl (C=O) groups is 1. The van der Waals surface area contributed by atoms with Gasteiger partial charge in [0, 0.05) is 5.69 Å². The number of carbonyl (C=O) groups excluding carboxylic acids is 1. The number of anilines is 1. The average molecular weight is 206 g/mol. The summed E-state index contributed by atoms with van der Waals surface area (Å²) in [6.45, 7) is 4.37. The summed E-state index contributed by atoms with van der Waals surface area (Å²) in [5, 5.41) is 2.71. The van der Waals surface area contributed by atoms with Gasteiger partial charge >= 0.3 is 0 Å². The molecular formula is C12H18N2O. The summed E-state index contributed by atoms with van der Waals surface area (Å²) in [4.78, 5) is 11.0. The fourth-order valence-corrected chi connectivity index (χ4v) is 1.34. The van der Waals surface area contributed by atoms with Crippen LogP contribution in [0, 0.1) is 0 Å². The Hall–Kier alpha value is -1.35. The van der Waals surface area contributed by atoms with E-state index in [-0.39, 0.29) is 12.5 Å². The molecule has 0 heterocycles. The lowest BCUT2D eigenvalue weighted by molar-refractivity contribution is -0.114. The van der Waals surface area contributed by atoms with Gasteiger partial charge in [-0.25, -0.2) is 0 Å². The molecule has 0 aromatic heterocycles. The highest BCUT2D eigenvalue weighted by Gasteiger charge is 2.03. The molecule has 0 saturated carbocycles. The van der Waals surface area contributed by atoms with Crippen LogP contribution < -0.4 is 11.1 Å². The van der Waals surface area contributed by atoms with Crippen LogP contribution in [0.25, 0.3) is 0 Å². The molecule has 3 heteroatoms. The Morgan fingerprint density at radius 2 is 2.00 bits per heavy atom. The van der Waals surface area contributed by atoms with Crippen molar-refractivity contribution in [2.45, 2.75) is 26.2 Å². The van der Waals surface area contributed by atoms with Crippen molar-refractivity contribution in [2.75, 3.05) is 11.9 Å². The van der Waals surface area contributed by atoms with Gasteiger partial charge in [-0.2, -0.15) is 0 Å². The van der Waals surface area contributed by atoms with E-state index >= 15 is 0 Å². The predicted octanol–water partition coefficient (Wildman–Crippen LogP) is 2.10. The van der Waals surface area contributed by atoms with Crippen LogP contribution in [0.2, 0.25) is 0 Å². The molecule has 0 aliphatic carbocycles. The van der Waals surface area contributed by atoms with Gasteiger partial charge in [-0.1, -0.05) is 26.0 Å². The topological polar surface area (TPSA) is 55.1 Å². The molecule has 0 saturated heterocycles. The first-order chi connectivity index (χ1) is 7.17. The highest BCUT2D eigenvalue weighted by atomic mass is 16.1. The zero-order valence-corrected chi connectivity index (χ0v) is 9.29. The van der Waals surface area contributed by atoms with Crippen molar-refractivity contribution >= 4 is 11.6 Å². The predicted molar refractivity (Wildman–Crippen MR) is 62.8 cm³/mol. The van der Waals surface area contributed by atoms with Crippen LogP contribution in [0.15, 0.2) is 24.3 Å². The van der Waals surface area contributed by atoms with E-state index in [1.165, 1.54) is 5.56 Å². The van der Waals surface area contributed by atoms with E-state index in [1.807, 2.05) is 24.3 Å². The molecule has 0 aliphatic rings. The molecule has 0 spiro atoms. The lowest BCUT2D eigenvalue weighted by atomic mass is 9.99. The molecule has 1 amide bonds. The molecule has 15 heavy (non-hydrogen) atoms. The number of benzene rings is 1. The Kier molecular flexibility index (Phi) is 4.31. The molecular weight excluding hydrogens is 188 g/mol. The molecule has 3 N–H and O–H groups in total. The van der Waals surface area contributed by atoms with Gasteiger partial charge in [-0.3, -0.25) is 4.79 Å². The standard InChI is InChI=1S/C12H18N2O/c1-3-9(2)10-4-6-11(7-5-10)14-12(15)8-13/h4-7,9H,3,8,13H2,1-2H3,(H,14,15)/t9-/m1/s1. The van der Waals surface area contributed by atoms with E-state index in [4.69, 9.17) is 5.73 Å². The quantitative estimate of drug-likeness (QED) is 0.792. The summed E-state index contributed by atoms with van der Waals surface area (Å²) in [6.07, 6.45) is 1.12. The third-order valence-electron chi connectivity index (χ3n) is 2.56. The number of hydrogen-bond donors (Lipinski definition) is 2. The van der Waals surface area contributed by atoms with Gasteiger partial charge in [0.1, 0.15) is 0 Å². The Labute approximate surface area is 90.7 Å². The second-order valence-electron chi connectivity index (χ2n) is 3.68. The van der Waals surface area contributed by atoms with Gasteiger partial charge in [-0.15, -0.1) is 0 Å². The van der Waals surface area contributed by atoms with Crippen LogP contribution in [-0.4, -0.2) is 12.5 Å². The molecule has 3 nitrogen and oxygen atoms in total. The lowest BCUT2D eigenvalue weighted by Gasteiger charge is -2.10. The van der Waals surface area contributed by atoms with Crippen molar-refractivity contribution in [3.8, 4) is 0 Å². The summed E-state index contributed by atoms with van der Waals surface area (Å²) in [7, 11) is 0. The van der Waals surface area contributed by atoms with Crippen LogP contribution >= 0.6 is 0 Å².